The number of carbonyl (C=O) groups excluding carboxylic acids is 1. The van der Waals surface area contributed by atoms with E-state index >= 15 is 0 Å². The molecular formula is C16H19NO. The number of hydrogen-bond donors (Lipinski definition) is 1. The van der Waals surface area contributed by atoms with Crippen molar-refractivity contribution in [3.05, 3.63) is 48.0 Å². The summed E-state index contributed by atoms with van der Waals surface area (Å²) in [5.41, 5.74) is 1.14. The van der Waals surface area contributed by atoms with Gasteiger partial charge in [-0.2, -0.15) is 0 Å². The average molecular weight is 241 g/mol. The fourth-order valence-electron chi connectivity index (χ4n) is 1.94. The van der Waals surface area contributed by atoms with Gasteiger partial charge in [0.15, 0.2) is 0 Å². The quantitative estimate of drug-likeness (QED) is 0.872. The van der Waals surface area contributed by atoms with Crippen molar-refractivity contribution in [2.24, 2.45) is 5.92 Å². The monoisotopic (exact) mass is 241 g/mol. The fraction of sp³-hybridized carbons (Fsp3) is 0.312. The summed E-state index contributed by atoms with van der Waals surface area (Å²) < 4.78 is 0. The van der Waals surface area contributed by atoms with Crippen LogP contribution in [0, 0.1) is 5.92 Å². The number of hydrogen-bond acceptors (Lipinski definition) is 1. The minimum Gasteiger partial charge on any atom is -0.349 e. The van der Waals surface area contributed by atoms with Crippen molar-refractivity contribution in [1.29, 1.82) is 0 Å². The van der Waals surface area contributed by atoms with Gasteiger partial charge in [0.2, 0.25) is 5.91 Å². The van der Waals surface area contributed by atoms with Crippen molar-refractivity contribution in [3.8, 4) is 0 Å². The van der Waals surface area contributed by atoms with E-state index in [2.05, 4.69) is 35.6 Å². The predicted molar refractivity (Wildman–Crippen MR) is 75.3 cm³/mol. The SMILES string of the molecule is CC(C)C(=O)NC(C)c1ccc2ccccc2c1. The maximum absolute atomic E-state index is 11.7. The molecular weight excluding hydrogens is 222 g/mol. The highest BCUT2D eigenvalue weighted by atomic mass is 16.1. The molecule has 2 aromatic rings. The molecule has 2 rings (SSSR count). The van der Waals surface area contributed by atoms with Crippen LogP contribution in [-0.2, 0) is 4.79 Å². The summed E-state index contributed by atoms with van der Waals surface area (Å²) in [5, 5.41) is 5.46. The summed E-state index contributed by atoms with van der Waals surface area (Å²) in [6, 6.07) is 14.6. The van der Waals surface area contributed by atoms with Crippen LogP contribution in [0.1, 0.15) is 32.4 Å². The topological polar surface area (TPSA) is 29.1 Å². The van der Waals surface area contributed by atoms with Crippen molar-refractivity contribution in [2.45, 2.75) is 26.8 Å². The number of benzene rings is 2. The van der Waals surface area contributed by atoms with Gasteiger partial charge in [0.25, 0.3) is 0 Å². The molecule has 1 atom stereocenters. The molecule has 1 amide bonds. The van der Waals surface area contributed by atoms with Gasteiger partial charge in [-0.15, -0.1) is 0 Å². The Morgan fingerprint density at radius 3 is 2.33 bits per heavy atom. The smallest absolute Gasteiger partial charge is 0.223 e. The van der Waals surface area contributed by atoms with Gasteiger partial charge >= 0.3 is 0 Å². The van der Waals surface area contributed by atoms with Crippen molar-refractivity contribution < 1.29 is 4.79 Å². The number of fused-ring (bicyclic) bond motifs is 1. The molecule has 0 spiro atoms. The maximum atomic E-state index is 11.7. The van der Waals surface area contributed by atoms with E-state index in [0.717, 1.165) is 5.56 Å². The van der Waals surface area contributed by atoms with E-state index in [1.165, 1.54) is 10.8 Å². The van der Waals surface area contributed by atoms with E-state index in [0.29, 0.717) is 0 Å². The summed E-state index contributed by atoms with van der Waals surface area (Å²) in [7, 11) is 0. The highest BCUT2D eigenvalue weighted by molar-refractivity contribution is 5.83. The molecule has 0 fully saturated rings. The zero-order chi connectivity index (χ0) is 13.1. The van der Waals surface area contributed by atoms with E-state index in [-0.39, 0.29) is 17.9 Å². The summed E-state index contributed by atoms with van der Waals surface area (Å²) in [4.78, 5) is 11.7. The van der Waals surface area contributed by atoms with Crippen LogP contribution in [0.2, 0.25) is 0 Å². The first kappa shape index (κ1) is 12.6. The minimum absolute atomic E-state index is 0.0212. The molecule has 18 heavy (non-hydrogen) atoms. The lowest BCUT2D eigenvalue weighted by Gasteiger charge is -2.16. The molecule has 0 aromatic heterocycles. The molecule has 2 aromatic carbocycles. The fourth-order valence-corrected chi connectivity index (χ4v) is 1.94. The number of rotatable bonds is 3. The van der Waals surface area contributed by atoms with Crippen molar-refractivity contribution in [1.82, 2.24) is 5.32 Å². The lowest BCUT2D eigenvalue weighted by atomic mass is 10.0. The second kappa shape index (κ2) is 5.21. The Balaban J connectivity index is 2.22. The van der Waals surface area contributed by atoms with Crippen LogP contribution in [-0.4, -0.2) is 5.91 Å². The van der Waals surface area contributed by atoms with E-state index in [4.69, 9.17) is 0 Å². The Bertz CT molecular complexity index is 560. The van der Waals surface area contributed by atoms with Gasteiger partial charge in [-0.05, 0) is 29.3 Å². The third kappa shape index (κ3) is 2.70. The molecule has 94 valence electrons. The number of carbonyl (C=O) groups is 1. The van der Waals surface area contributed by atoms with Crippen molar-refractivity contribution >= 4 is 16.7 Å². The van der Waals surface area contributed by atoms with Crippen LogP contribution in [0.5, 0.6) is 0 Å². The maximum Gasteiger partial charge on any atom is 0.223 e. The van der Waals surface area contributed by atoms with Gasteiger partial charge in [0.1, 0.15) is 0 Å². The molecule has 0 saturated heterocycles. The van der Waals surface area contributed by atoms with Crippen LogP contribution in [0.4, 0.5) is 0 Å². The van der Waals surface area contributed by atoms with E-state index in [1.54, 1.807) is 0 Å². The highest BCUT2D eigenvalue weighted by Gasteiger charge is 2.12. The Hall–Kier alpha value is -1.83. The Morgan fingerprint density at radius 1 is 1.00 bits per heavy atom. The second-order valence-corrected chi connectivity index (χ2v) is 4.99. The molecule has 0 heterocycles. The Labute approximate surface area is 108 Å². The largest absolute Gasteiger partial charge is 0.349 e. The van der Waals surface area contributed by atoms with Gasteiger partial charge in [0, 0.05) is 5.92 Å². The molecule has 1 unspecified atom stereocenters. The lowest BCUT2D eigenvalue weighted by molar-refractivity contribution is -0.124. The summed E-state index contributed by atoms with van der Waals surface area (Å²) in [6.45, 7) is 5.83. The molecule has 0 aliphatic carbocycles. The molecule has 0 saturated carbocycles. The number of nitrogens with one attached hydrogen (secondary N) is 1. The summed E-state index contributed by atoms with van der Waals surface area (Å²) >= 11 is 0. The normalized spacial score (nSPS) is 12.7. The molecule has 1 N–H and O–H groups in total. The van der Waals surface area contributed by atoms with Crippen LogP contribution < -0.4 is 5.32 Å². The van der Waals surface area contributed by atoms with E-state index in [9.17, 15) is 4.79 Å². The van der Waals surface area contributed by atoms with Gasteiger partial charge in [-0.3, -0.25) is 4.79 Å². The van der Waals surface area contributed by atoms with E-state index < -0.39 is 0 Å². The summed E-state index contributed by atoms with van der Waals surface area (Å²) in [5.74, 6) is 0.114. The Morgan fingerprint density at radius 2 is 1.67 bits per heavy atom. The van der Waals surface area contributed by atoms with Gasteiger partial charge in [-0.1, -0.05) is 50.2 Å². The van der Waals surface area contributed by atoms with Gasteiger partial charge in [0.05, 0.1) is 6.04 Å². The third-order valence-electron chi connectivity index (χ3n) is 3.16. The first-order chi connectivity index (χ1) is 8.58. The molecule has 0 aliphatic rings. The zero-order valence-corrected chi connectivity index (χ0v) is 11.1. The molecule has 2 nitrogen and oxygen atoms in total. The predicted octanol–water partition coefficient (Wildman–Crippen LogP) is 3.67. The van der Waals surface area contributed by atoms with Crippen LogP contribution in [0.25, 0.3) is 10.8 Å². The van der Waals surface area contributed by atoms with Crippen LogP contribution in [0.3, 0.4) is 0 Å². The van der Waals surface area contributed by atoms with Crippen molar-refractivity contribution in [3.63, 3.8) is 0 Å². The Kier molecular flexibility index (Phi) is 3.66. The lowest BCUT2D eigenvalue weighted by Crippen LogP contribution is -2.30. The van der Waals surface area contributed by atoms with Gasteiger partial charge < -0.3 is 5.32 Å². The highest BCUT2D eigenvalue weighted by Crippen LogP contribution is 2.20. The van der Waals surface area contributed by atoms with Crippen LogP contribution >= 0.6 is 0 Å². The molecule has 0 bridgehead atoms. The van der Waals surface area contributed by atoms with Crippen molar-refractivity contribution in [2.75, 3.05) is 0 Å². The zero-order valence-electron chi connectivity index (χ0n) is 11.1. The molecule has 2 heteroatoms. The molecule has 0 radical (unpaired) electrons. The van der Waals surface area contributed by atoms with E-state index in [1.807, 2.05) is 32.9 Å². The molecule has 0 aliphatic heterocycles. The van der Waals surface area contributed by atoms with Crippen LogP contribution in [0.15, 0.2) is 42.5 Å². The first-order valence-electron chi connectivity index (χ1n) is 6.37. The first-order valence-corrected chi connectivity index (χ1v) is 6.37. The number of amides is 1. The summed E-state index contributed by atoms with van der Waals surface area (Å²) in [6.07, 6.45) is 0. The third-order valence-corrected chi connectivity index (χ3v) is 3.16. The van der Waals surface area contributed by atoms with Gasteiger partial charge in [-0.25, -0.2) is 0 Å². The second-order valence-electron chi connectivity index (χ2n) is 4.99. The minimum atomic E-state index is 0.0212. The average Bonchev–Trinajstić information content (AvgIpc) is 2.37. The standard InChI is InChI=1S/C16H19NO/c1-11(2)16(18)17-12(3)14-9-8-13-6-4-5-7-15(13)10-14/h4-12H,1-3H3,(H,17,18).